The van der Waals surface area contributed by atoms with Crippen molar-refractivity contribution >= 4 is 28.3 Å². The lowest BCUT2D eigenvalue weighted by Crippen LogP contribution is -2.12. The minimum atomic E-state index is 0.376. The van der Waals surface area contributed by atoms with Gasteiger partial charge in [-0.25, -0.2) is 0 Å². The molecule has 3 heteroatoms. The molecule has 0 saturated heterocycles. The minimum Gasteiger partial charge on any atom is -0.397 e. The number of hydrogen-bond donors (Lipinski definition) is 1. The van der Waals surface area contributed by atoms with Crippen molar-refractivity contribution in [2.45, 2.75) is 0 Å². The lowest BCUT2D eigenvalue weighted by atomic mass is 10.0. The minimum absolute atomic E-state index is 0.376. The Morgan fingerprint density at radius 2 is 1.53 bits per heavy atom. The highest BCUT2D eigenvalue weighted by molar-refractivity contribution is 6.84. The summed E-state index contributed by atoms with van der Waals surface area (Å²) in [4.78, 5) is 3.59. The standard InChI is InChI=1S/C12H11NSi2/c1-3-7-11-9(5-1)10-6-2-4-8-12(10)14-15-13-11/h1-8,13-15H. The van der Waals surface area contributed by atoms with Crippen LogP contribution in [0.1, 0.15) is 0 Å². The number of benzene rings is 2. The Morgan fingerprint density at radius 1 is 0.800 bits per heavy atom. The van der Waals surface area contributed by atoms with Crippen LogP contribution < -0.4 is 10.2 Å². The molecule has 0 radical (unpaired) electrons. The first-order chi connectivity index (χ1) is 7.45. The molecule has 2 aromatic rings. The first kappa shape index (κ1) is 8.94. The van der Waals surface area contributed by atoms with Gasteiger partial charge in [0.25, 0.3) is 0 Å². The Kier molecular flexibility index (Phi) is 2.19. The second-order valence-corrected chi connectivity index (χ2v) is 7.19. The molecule has 1 aliphatic heterocycles. The van der Waals surface area contributed by atoms with E-state index in [1.807, 2.05) is 0 Å². The van der Waals surface area contributed by atoms with Gasteiger partial charge in [0.2, 0.25) is 0 Å². The van der Waals surface area contributed by atoms with Crippen molar-refractivity contribution in [3.63, 3.8) is 0 Å². The van der Waals surface area contributed by atoms with E-state index in [2.05, 4.69) is 53.5 Å². The molecule has 1 nitrogen and oxygen atoms in total. The fourth-order valence-electron chi connectivity index (χ4n) is 1.95. The quantitative estimate of drug-likeness (QED) is 0.662. The van der Waals surface area contributed by atoms with Crippen molar-refractivity contribution in [2.75, 3.05) is 4.98 Å². The Balaban J connectivity index is 2.33. The zero-order chi connectivity index (χ0) is 10.1. The summed E-state index contributed by atoms with van der Waals surface area (Å²) in [6.45, 7) is 0. The molecule has 0 atom stereocenters. The molecule has 0 fully saturated rings. The van der Waals surface area contributed by atoms with Crippen LogP contribution in [0, 0.1) is 0 Å². The van der Waals surface area contributed by atoms with Crippen molar-refractivity contribution in [3.05, 3.63) is 48.5 Å². The summed E-state index contributed by atoms with van der Waals surface area (Å²) in [5.74, 6) is 0. The number of rotatable bonds is 0. The number of fused-ring (bicyclic) bond motifs is 3. The number of nitrogens with one attached hydrogen (secondary N) is 1. The highest BCUT2D eigenvalue weighted by Gasteiger charge is 2.08. The maximum absolute atomic E-state index is 3.59. The van der Waals surface area contributed by atoms with Crippen LogP contribution in [0.5, 0.6) is 0 Å². The van der Waals surface area contributed by atoms with Crippen LogP contribution in [0.25, 0.3) is 11.1 Å². The molecule has 0 saturated carbocycles. The van der Waals surface area contributed by atoms with Crippen molar-refractivity contribution in [3.8, 4) is 11.1 Å². The van der Waals surface area contributed by atoms with Crippen molar-refractivity contribution in [2.24, 2.45) is 0 Å². The molecule has 3 rings (SSSR count). The highest BCUT2D eigenvalue weighted by atomic mass is 28.9. The number of para-hydroxylation sites is 1. The van der Waals surface area contributed by atoms with Crippen molar-refractivity contribution < 1.29 is 0 Å². The van der Waals surface area contributed by atoms with E-state index in [0.717, 1.165) is 0 Å². The van der Waals surface area contributed by atoms with Crippen LogP contribution in [0.3, 0.4) is 0 Å². The number of anilines is 1. The van der Waals surface area contributed by atoms with Gasteiger partial charge in [-0.1, -0.05) is 42.5 Å². The number of hydrogen-bond acceptors (Lipinski definition) is 1. The average Bonchev–Trinajstić information content (AvgIpc) is 2.48. The highest BCUT2D eigenvalue weighted by Crippen LogP contribution is 2.26. The normalized spacial score (nSPS) is 12.3. The summed E-state index contributed by atoms with van der Waals surface area (Å²) in [5.41, 5.74) is 4.11. The average molecular weight is 225 g/mol. The van der Waals surface area contributed by atoms with E-state index in [9.17, 15) is 0 Å². The summed E-state index contributed by atoms with van der Waals surface area (Å²) in [6, 6.07) is 17.4. The third kappa shape index (κ3) is 1.53. The topological polar surface area (TPSA) is 12.0 Å². The molecule has 0 bridgehead atoms. The van der Waals surface area contributed by atoms with Gasteiger partial charge in [-0.3, -0.25) is 0 Å². The molecule has 0 aliphatic carbocycles. The fraction of sp³-hybridized carbons (Fsp3) is 0. The van der Waals surface area contributed by atoms with Crippen LogP contribution in [-0.2, 0) is 0 Å². The molecular formula is C12H11NSi2. The van der Waals surface area contributed by atoms with Crippen LogP contribution in [0.15, 0.2) is 48.5 Å². The molecule has 1 N–H and O–H groups in total. The van der Waals surface area contributed by atoms with Crippen LogP contribution in [0.4, 0.5) is 5.69 Å². The smallest absolute Gasteiger partial charge is 0.0842 e. The Bertz CT molecular complexity index is 535. The predicted molar refractivity (Wildman–Crippen MR) is 69.4 cm³/mol. The Hall–Kier alpha value is -1.33. The summed E-state index contributed by atoms with van der Waals surface area (Å²) >= 11 is 0. The van der Waals surface area contributed by atoms with E-state index in [0.29, 0.717) is 17.4 Å². The molecule has 0 amide bonds. The molecule has 15 heavy (non-hydrogen) atoms. The first-order valence-electron chi connectivity index (χ1n) is 5.07. The lowest BCUT2D eigenvalue weighted by molar-refractivity contribution is 1.63. The van der Waals surface area contributed by atoms with Gasteiger partial charge in [0.05, 0.1) is 8.77 Å². The predicted octanol–water partition coefficient (Wildman–Crippen LogP) is 1.11. The maximum Gasteiger partial charge on any atom is 0.0842 e. The monoisotopic (exact) mass is 225 g/mol. The Labute approximate surface area is 93.2 Å². The van der Waals surface area contributed by atoms with Crippen LogP contribution in [0.2, 0.25) is 0 Å². The fourth-order valence-corrected chi connectivity index (χ4v) is 5.50. The van der Waals surface area contributed by atoms with E-state index >= 15 is 0 Å². The van der Waals surface area contributed by atoms with Gasteiger partial charge in [0, 0.05) is 19.9 Å². The zero-order valence-electron chi connectivity index (χ0n) is 8.27. The molecular weight excluding hydrogens is 214 g/mol. The molecule has 0 unspecified atom stereocenters. The summed E-state index contributed by atoms with van der Waals surface area (Å²) in [7, 11) is 0.808. The molecule has 72 valence electrons. The van der Waals surface area contributed by atoms with Gasteiger partial charge in [0.1, 0.15) is 0 Å². The largest absolute Gasteiger partial charge is 0.397 e. The molecule has 0 spiro atoms. The third-order valence-corrected chi connectivity index (χ3v) is 6.26. The molecule has 1 heterocycles. The third-order valence-electron chi connectivity index (χ3n) is 2.68. The lowest BCUT2D eigenvalue weighted by Gasteiger charge is -2.08. The second-order valence-electron chi connectivity index (χ2n) is 3.61. The van der Waals surface area contributed by atoms with Crippen LogP contribution >= 0.6 is 0 Å². The molecule has 2 aromatic carbocycles. The summed E-state index contributed by atoms with van der Waals surface area (Å²) in [5, 5.41) is 1.56. The second kappa shape index (κ2) is 3.68. The van der Waals surface area contributed by atoms with Gasteiger partial charge in [0.15, 0.2) is 0 Å². The van der Waals surface area contributed by atoms with Crippen molar-refractivity contribution in [1.82, 2.24) is 0 Å². The maximum atomic E-state index is 3.59. The van der Waals surface area contributed by atoms with E-state index < -0.39 is 0 Å². The van der Waals surface area contributed by atoms with Gasteiger partial charge in [-0.15, -0.1) is 0 Å². The SMILES string of the molecule is c1ccc2c(c1)N[SiH]=[SiH]c1ccccc1-2. The van der Waals surface area contributed by atoms with Gasteiger partial charge in [-0.05, 0) is 16.8 Å². The summed E-state index contributed by atoms with van der Waals surface area (Å²) < 4.78 is 0. The van der Waals surface area contributed by atoms with E-state index in [1.54, 1.807) is 5.19 Å². The van der Waals surface area contributed by atoms with Gasteiger partial charge >= 0.3 is 0 Å². The first-order valence-corrected chi connectivity index (χ1v) is 8.89. The van der Waals surface area contributed by atoms with Crippen molar-refractivity contribution in [1.29, 1.82) is 0 Å². The van der Waals surface area contributed by atoms with Gasteiger partial charge < -0.3 is 4.98 Å². The zero-order valence-corrected chi connectivity index (χ0v) is 10.6. The molecule has 0 aromatic heterocycles. The summed E-state index contributed by atoms with van der Waals surface area (Å²) in [6.07, 6.45) is 0. The van der Waals surface area contributed by atoms with Gasteiger partial charge in [-0.2, -0.15) is 0 Å². The van der Waals surface area contributed by atoms with E-state index in [4.69, 9.17) is 0 Å². The van der Waals surface area contributed by atoms with Crippen LogP contribution in [-0.4, -0.2) is 17.4 Å². The van der Waals surface area contributed by atoms with E-state index in [-0.39, 0.29) is 0 Å². The van der Waals surface area contributed by atoms with E-state index in [1.165, 1.54) is 16.8 Å². The Morgan fingerprint density at radius 3 is 2.47 bits per heavy atom. The molecule has 1 aliphatic rings.